The molecule has 3 nitrogen and oxygen atoms in total. The Bertz CT molecular complexity index is 324. The van der Waals surface area contributed by atoms with Gasteiger partial charge < -0.3 is 4.90 Å². The third kappa shape index (κ3) is 1.25. The highest BCUT2D eigenvalue weighted by Gasteiger charge is 2.46. The summed E-state index contributed by atoms with van der Waals surface area (Å²) < 4.78 is 23.3. The zero-order valence-corrected chi connectivity index (χ0v) is 9.01. The van der Waals surface area contributed by atoms with Crippen molar-refractivity contribution in [3.63, 3.8) is 0 Å². The Labute approximate surface area is 81.4 Å². The van der Waals surface area contributed by atoms with Gasteiger partial charge in [-0.2, -0.15) is 0 Å². The van der Waals surface area contributed by atoms with E-state index in [0.29, 0.717) is 5.75 Å². The van der Waals surface area contributed by atoms with Crippen molar-refractivity contribution in [2.45, 2.75) is 11.3 Å². The molecule has 0 aromatic rings. The van der Waals surface area contributed by atoms with Gasteiger partial charge in [0.2, 0.25) is 0 Å². The van der Waals surface area contributed by atoms with Crippen LogP contribution < -0.4 is 0 Å². The second-order valence-electron chi connectivity index (χ2n) is 3.18. The number of sulfone groups is 1. The summed E-state index contributed by atoms with van der Waals surface area (Å²) in [4.78, 5) is 1.91. The molecule has 0 aromatic carbocycles. The molecule has 2 atom stereocenters. The molecule has 6 heteroatoms. The molecule has 0 spiro atoms. The van der Waals surface area contributed by atoms with Crippen LogP contribution in [0.5, 0.6) is 0 Å². The molecule has 2 aliphatic heterocycles. The van der Waals surface area contributed by atoms with Gasteiger partial charge in [-0.25, -0.2) is 8.42 Å². The zero-order valence-electron chi connectivity index (χ0n) is 6.56. The van der Waals surface area contributed by atoms with Crippen molar-refractivity contribution in [1.29, 1.82) is 0 Å². The van der Waals surface area contributed by atoms with E-state index in [0.717, 1.165) is 4.32 Å². The van der Waals surface area contributed by atoms with E-state index in [1.807, 2.05) is 11.9 Å². The third-order valence-electron chi connectivity index (χ3n) is 2.31. The van der Waals surface area contributed by atoms with Crippen LogP contribution in [0.15, 0.2) is 0 Å². The molecule has 2 saturated heterocycles. The lowest BCUT2D eigenvalue weighted by atomic mass is 10.2. The van der Waals surface area contributed by atoms with E-state index in [-0.39, 0.29) is 17.0 Å². The zero-order chi connectivity index (χ0) is 8.93. The van der Waals surface area contributed by atoms with Crippen molar-refractivity contribution in [1.82, 2.24) is 4.90 Å². The van der Waals surface area contributed by atoms with Crippen LogP contribution in [-0.4, -0.2) is 47.5 Å². The van der Waals surface area contributed by atoms with E-state index >= 15 is 0 Å². The third-order valence-corrected chi connectivity index (χ3v) is 6.09. The van der Waals surface area contributed by atoms with Crippen LogP contribution in [0.3, 0.4) is 0 Å². The first kappa shape index (κ1) is 8.77. The van der Waals surface area contributed by atoms with Gasteiger partial charge in [-0.05, 0) is 0 Å². The highest BCUT2D eigenvalue weighted by Crippen LogP contribution is 2.36. The summed E-state index contributed by atoms with van der Waals surface area (Å²) in [6, 6.07) is 0.132. The maximum Gasteiger partial charge on any atom is 0.153 e. The molecule has 0 N–H and O–H groups in total. The average Bonchev–Trinajstić information content (AvgIpc) is 2.33. The first-order valence-corrected chi connectivity index (χ1v) is 6.74. The largest absolute Gasteiger partial charge is 0.355 e. The Kier molecular flexibility index (Phi) is 1.89. The van der Waals surface area contributed by atoms with Crippen molar-refractivity contribution >= 4 is 38.1 Å². The fourth-order valence-electron chi connectivity index (χ4n) is 1.62. The van der Waals surface area contributed by atoms with Gasteiger partial charge in [0.1, 0.15) is 4.32 Å². The Morgan fingerprint density at radius 2 is 2.25 bits per heavy atom. The van der Waals surface area contributed by atoms with Crippen molar-refractivity contribution < 1.29 is 8.42 Å². The molecule has 0 bridgehead atoms. The van der Waals surface area contributed by atoms with E-state index in [1.54, 1.807) is 0 Å². The quantitative estimate of drug-likeness (QED) is 0.545. The van der Waals surface area contributed by atoms with E-state index in [9.17, 15) is 8.42 Å². The summed E-state index contributed by atoms with van der Waals surface area (Å²) in [5, 5.41) is 0.187. The normalized spacial score (nSPS) is 38.8. The number of rotatable bonds is 0. The molecule has 2 rings (SSSR count). The maximum absolute atomic E-state index is 11.2. The highest BCUT2D eigenvalue weighted by molar-refractivity contribution is 8.24. The molecular formula is C6H9NO2S3. The van der Waals surface area contributed by atoms with E-state index in [4.69, 9.17) is 12.2 Å². The average molecular weight is 223 g/mol. The lowest BCUT2D eigenvalue weighted by Crippen LogP contribution is -2.32. The Morgan fingerprint density at radius 1 is 1.58 bits per heavy atom. The second kappa shape index (κ2) is 2.59. The number of thiocarbonyl (C=S) groups is 1. The highest BCUT2D eigenvalue weighted by atomic mass is 32.2. The van der Waals surface area contributed by atoms with Gasteiger partial charge in [-0.3, -0.25) is 0 Å². The predicted molar refractivity (Wildman–Crippen MR) is 54.2 cm³/mol. The number of hydrogen-bond acceptors (Lipinski definition) is 4. The molecule has 0 aromatic heterocycles. The molecule has 0 unspecified atom stereocenters. The van der Waals surface area contributed by atoms with Gasteiger partial charge in [0.25, 0.3) is 0 Å². The molecule has 0 amide bonds. The number of thioether (sulfide) groups is 1. The van der Waals surface area contributed by atoms with Crippen LogP contribution >= 0.6 is 24.0 Å². The minimum absolute atomic E-state index is 0.132. The number of hydrogen-bond donors (Lipinski definition) is 0. The number of nitrogens with zero attached hydrogens (tertiary/aromatic N) is 1. The molecular weight excluding hydrogens is 214 g/mol. The Morgan fingerprint density at radius 3 is 2.83 bits per heavy atom. The molecule has 0 saturated carbocycles. The number of fused-ring (bicyclic) bond motifs is 1. The van der Waals surface area contributed by atoms with Crippen LogP contribution in [-0.2, 0) is 9.84 Å². The van der Waals surface area contributed by atoms with Crippen LogP contribution in [0.2, 0.25) is 0 Å². The maximum atomic E-state index is 11.2. The molecule has 2 aliphatic rings. The smallest absolute Gasteiger partial charge is 0.153 e. The molecule has 2 heterocycles. The second-order valence-corrected chi connectivity index (χ2v) is 7.20. The predicted octanol–water partition coefficient (Wildman–Crippen LogP) is 0.115. The van der Waals surface area contributed by atoms with Crippen LogP contribution in [0.4, 0.5) is 0 Å². The molecule has 68 valence electrons. The van der Waals surface area contributed by atoms with Crippen LogP contribution in [0, 0.1) is 0 Å². The van der Waals surface area contributed by atoms with Gasteiger partial charge in [0, 0.05) is 12.3 Å². The lowest BCUT2D eigenvalue weighted by Gasteiger charge is -2.16. The molecule has 0 aliphatic carbocycles. The van der Waals surface area contributed by atoms with Crippen molar-refractivity contribution in [2.75, 3.05) is 18.6 Å². The van der Waals surface area contributed by atoms with Gasteiger partial charge >= 0.3 is 0 Å². The molecule has 2 fully saturated rings. The van der Waals surface area contributed by atoms with E-state index < -0.39 is 9.84 Å². The minimum Gasteiger partial charge on any atom is -0.355 e. The first-order chi connectivity index (χ1) is 5.49. The summed E-state index contributed by atoms with van der Waals surface area (Å²) in [5.74, 6) is 0.578. The molecule has 12 heavy (non-hydrogen) atoms. The fraction of sp³-hybridized carbons (Fsp3) is 0.833. The van der Waals surface area contributed by atoms with Crippen molar-refractivity contribution in [2.24, 2.45) is 0 Å². The topological polar surface area (TPSA) is 37.4 Å². The Hall–Kier alpha value is 0.190. The minimum atomic E-state index is -2.78. The summed E-state index contributed by atoms with van der Waals surface area (Å²) in [7, 11) is -0.908. The van der Waals surface area contributed by atoms with Gasteiger partial charge in [-0.1, -0.05) is 24.0 Å². The van der Waals surface area contributed by atoms with Gasteiger partial charge in [0.05, 0.1) is 17.5 Å². The van der Waals surface area contributed by atoms with Gasteiger partial charge in [0.15, 0.2) is 9.84 Å². The SMILES string of the molecule is CN1C(=S)S[C@H]2CS(=O)(=O)C[C@H]21. The van der Waals surface area contributed by atoms with Gasteiger partial charge in [-0.15, -0.1) is 0 Å². The van der Waals surface area contributed by atoms with E-state index in [1.165, 1.54) is 11.8 Å². The fourth-order valence-corrected chi connectivity index (χ4v) is 5.97. The van der Waals surface area contributed by atoms with Crippen molar-refractivity contribution in [3.05, 3.63) is 0 Å². The first-order valence-electron chi connectivity index (χ1n) is 3.63. The van der Waals surface area contributed by atoms with Crippen LogP contribution in [0.1, 0.15) is 0 Å². The van der Waals surface area contributed by atoms with E-state index in [2.05, 4.69) is 0 Å². The summed E-state index contributed by atoms with van der Waals surface area (Å²) >= 11 is 6.59. The lowest BCUT2D eigenvalue weighted by molar-refractivity contribution is 0.429. The standard InChI is InChI=1S/C6H9NO2S3/c1-7-4-2-12(8,9)3-5(4)11-6(7)10/h4-5H,2-3H2,1H3/t4-,5+/m1/s1. The summed E-state index contributed by atoms with van der Waals surface area (Å²) in [6.07, 6.45) is 0. The van der Waals surface area contributed by atoms with Crippen molar-refractivity contribution in [3.8, 4) is 0 Å². The molecule has 0 radical (unpaired) electrons. The summed E-state index contributed by atoms with van der Waals surface area (Å²) in [6.45, 7) is 0. The van der Waals surface area contributed by atoms with Crippen LogP contribution in [0.25, 0.3) is 0 Å². The summed E-state index contributed by atoms with van der Waals surface area (Å²) in [5.41, 5.74) is 0. The Balaban J connectivity index is 2.27. The monoisotopic (exact) mass is 223 g/mol.